The highest BCUT2D eigenvalue weighted by atomic mass is 79.9. The first-order chi connectivity index (χ1) is 10.1. The fourth-order valence-electron chi connectivity index (χ4n) is 1.91. The Balaban J connectivity index is 2.07. The lowest BCUT2D eigenvalue weighted by Gasteiger charge is -2.16. The van der Waals surface area contributed by atoms with E-state index in [1.807, 2.05) is 19.1 Å². The van der Waals surface area contributed by atoms with Gasteiger partial charge in [0.25, 0.3) is 0 Å². The van der Waals surface area contributed by atoms with Crippen molar-refractivity contribution in [3.63, 3.8) is 0 Å². The number of pyridine rings is 1. The van der Waals surface area contributed by atoms with Crippen LogP contribution in [0.5, 0.6) is 5.75 Å². The lowest BCUT2D eigenvalue weighted by Crippen LogP contribution is -2.19. The van der Waals surface area contributed by atoms with Crippen molar-refractivity contribution >= 4 is 15.9 Å². The predicted octanol–water partition coefficient (Wildman–Crippen LogP) is 4.30. The molecular formula is C15H15BrF2N2O. The van der Waals surface area contributed by atoms with Crippen LogP contribution in [0.3, 0.4) is 0 Å². The minimum absolute atomic E-state index is 0.0529. The van der Waals surface area contributed by atoms with E-state index in [1.165, 1.54) is 6.07 Å². The summed E-state index contributed by atoms with van der Waals surface area (Å²) >= 11 is 3.33. The molecule has 0 saturated carbocycles. The largest absolute Gasteiger partial charge is 0.434 e. The summed E-state index contributed by atoms with van der Waals surface area (Å²) in [6.07, 6.45) is 3.48. The van der Waals surface area contributed by atoms with E-state index in [-0.39, 0.29) is 11.8 Å². The summed E-state index contributed by atoms with van der Waals surface area (Å²) in [5.74, 6) is 0.180. The van der Waals surface area contributed by atoms with Crippen LogP contribution in [-0.2, 0) is 6.54 Å². The van der Waals surface area contributed by atoms with Gasteiger partial charge in [-0.15, -0.1) is 0 Å². The second-order valence-corrected chi connectivity index (χ2v) is 5.44. The van der Waals surface area contributed by atoms with Crippen LogP contribution in [0.25, 0.3) is 0 Å². The molecule has 3 nitrogen and oxygen atoms in total. The molecule has 1 aromatic heterocycles. The van der Waals surface area contributed by atoms with Gasteiger partial charge in [0.1, 0.15) is 5.75 Å². The first kappa shape index (κ1) is 15.9. The van der Waals surface area contributed by atoms with E-state index in [9.17, 15) is 8.78 Å². The number of rotatable bonds is 6. The maximum Gasteiger partial charge on any atom is 0.387 e. The van der Waals surface area contributed by atoms with Crippen molar-refractivity contribution in [2.75, 3.05) is 0 Å². The van der Waals surface area contributed by atoms with Gasteiger partial charge in [-0.3, -0.25) is 4.98 Å². The Morgan fingerprint density at radius 3 is 2.81 bits per heavy atom. The van der Waals surface area contributed by atoms with Gasteiger partial charge in [0, 0.05) is 35.0 Å². The Bertz CT molecular complexity index is 581. The van der Waals surface area contributed by atoms with Crippen molar-refractivity contribution < 1.29 is 13.5 Å². The maximum absolute atomic E-state index is 12.4. The second-order valence-electron chi connectivity index (χ2n) is 4.52. The molecule has 0 aliphatic heterocycles. The van der Waals surface area contributed by atoms with E-state index >= 15 is 0 Å². The van der Waals surface area contributed by atoms with Gasteiger partial charge >= 0.3 is 6.61 Å². The Labute approximate surface area is 130 Å². The minimum Gasteiger partial charge on any atom is -0.434 e. The highest BCUT2D eigenvalue weighted by molar-refractivity contribution is 9.10. The maximum atomic E-state index is 12.4. The standard InChI is InChI=1S/C15H15BrF2N2O/c1-10(11-3-2-6-19-8-11)20-9-12-7-13(16)4-5-14(12)21-15(17)18/h2-8,10,15,20H,9H2,1H3/t10-/m1/s1. The average Bonchev–Trinajstić information content (AvgIpc) is 2.47. The molecule has 6 heteroatoms. The SMILES string of the molecule is C[C@@H](NCc1cc(Br)ccc1OC(F)F)c1cccnc1. The Morgan fingerprint density at radius 1 is 1.33 bits per heavy atom. The summed E-state index contributed by atoms with van der Waals surface area (Å²) in [5, 5.41) is 3.27. The van der Waals surface area contributed by atoms with Crippen LogP contribution in [0.15, 0.2) is 47.2 Å². The fraction of sp³-hybridized carbons (Fsp3) is 0.267. The second kappa shape index (κ2) is 7.47. The summed E-state index contributed by atoms with van der Waals surface area (Å²) in [6.45, 7) is -0.430. The molecule has 0 aliphatic carbocycles. The molecule has 1 heterocycles. The van der Waals surface area contributed by atoms with Crippen LogP contribution in [-0.4, -0.2) is 11.6 Å². The van der Waals surface area contributed by atoms with Crippen molar-refractivity contribution in [2.45, 2.75) is 26.1 Å². The van der Waals surface area contributed by atoms with Gasteiger partial charge in [-0.05, 0) is 36.8 Å². The molecule has 0 saturated heterocycles. The summed E-state index contributed by atoms with van der Waals surface area (Å²) in [6, 6.07) is 8.84. The number of hydrogen-bond donors (Lipinski definition) is 1. The van der Waals surface area contributed by atoms with Crippen LogP contribution in [0, 0.1) is 0 Å². The monoisotopic (exact) mass is 356 g/mol. The first-order valence-corrected chi connectivity index (χ1v) is 7.22. The summed E-state index contributed by atoms with van der Waals surface area (Å²) in [4.78, 5) is 4.06. The summed E-state index contributed by atoms with van der Waals surface area (Å²) in [7, 11) is 0. The van der Waals surface area contributed by atoms with Gasteiger partial charge in [0.2, 0.25) is 0 Å². The zero-order valence-electron chi connectivity index (χ0n) is 11.4. The fourth-order valence-corrected chi connectivity index (χ4v) is 2.32. The number of nitrogens with one attached hydrogen (secondary N) is 1. The normalized spacial score (nSPS) is 12.4. The van der Waals surface area contributed by atoms with E-state index in [4.69, 9.17) is 0 Å². The molecule has 0 unspecified atom stereocenters. The van der Waals surface area contributed by atoms with Crippen molar-refractivity contribution in [1.29, 1.82) is 0 Å². The molecule has 112 valence electrons. The highest BCUT2D eigenvalue weighted by Crippen LogP contribution is 2.25. The Kier molecular flexibility index (Phi) is 5.64. The van der Waals surface area contributed by atoms with Gasteiger partial charge in [0.05, 0.1) is 0 Å². The highest BCUT2D eigenvalue weighted by Gasteiger charge is 2.12. The van der Waals surface area contributed by atoms with E-state index in [0.29, 0.717) is 12.1 Å². The molecule has 0 radical (unpaired) electrons. The summed E-state index contributed by atoms with van der Waals surface area (Å²) < 4.78 is 30.2. The zero-order chi connectivity index (χ0) is 15.2. The molecular weight excluding hydrogens is 342 g/mol. The zero-order valence-corrected chi connectivity index (χ0v) is 13.0. The number of benzene rings is 1. The molecule has 0 bridgehead atoms. The molecule has 21 heavy (non-hydrogen) atoms. The summed E-state index contributed by atoms with van der Waals surface area (Å²) in [5.41, 5.74) is 1.70. The Morgan fingerprint density at radius 2 is 2.14 bits per heavy atom. The molecule has 1 atom stereocenters. The number of ether oxygens (including phenoxy) is 1. The number of hydrogen-bond acceptors (Lipinski definition) is 3. The van der Waals surface area contributed by atoms with E-state index in [2.05, 4.69) is 31.0 Å². The number of halogens is 3. The van der Waals surface area contributed by atoms with Crippen molar-refractivity contribution in [3.8, 4) is 5.75 Å². The average molecular weight is 357 g/mol. The number of alkyl halides is 2. The third-order valence-corrected chi connectivity index (χ3v) is 3.51. The number of aromatic nitrogens is 1. The Hall–Kier alpha value is -1.53. The molecule has 2 rings (SSSR count). The third kappa shape index (κ3) is 4.75. The lowest BCUT2D eigenvalue weighted by molar-refractivity contribution is -0.0505. The van der Waals surface area contributed by atoms with Crippen LogP contribution in [0.1, 0.15) is 24.1 Å². The van der Waals surface area contributed by atoms with E-state index in [1.54, 1.807) is 24.5 Å². The molecule has 0 aliphatic rings. The first-order valence-electron chi connectivity index (χ1n) is 6.43. The predicted molar refractivity (Wildman–Crippen MR) is 80.3 cm³/mol. The van der Waals surface area contributed by atoms with Gasteiger partial charge in [-0.25, -0.2) is 0 Å². The topological polar surface area (TPSA) is 34.1 Å². The van der Waals surface area contributed by atoms with Crippen LogP contribution in [0.2, 0.25) is 0 Å². The molecule has 0 amide bonds. The van der Waals surface area contributed by atoms with Crippen molar-refractivity contribution in [1.82, 2.24) is 10.3 Å². The quantitative estimate of drug-likeness (QED) is 0.837. The molecule has 0 spiro atoms. The molecule has 2 aromatic rings. The van der Waals surface area contributed by atoms with Crippen molar-refractivity contribution in [3.05, 3.63) is 58.3 Å². The van der Waals surface area contributed by atoms with Crippen LogP contribution < -0.4 is 10.1 Å². The molecule has 1 N–H and O–H groups in total. The van der Waals surface area contributed by atoms with Gasteiger partial charge in [0.15, 0.2) is 0 Å². The smallest absolute Gasteiger partial charge is 0.387 e. The molecule has 0 fully saturated rings. The van der Waals surface area contributed by atoms with Crippen LogP contribution in [0.4, 0.5) is 8.78 Å². The van der Waals surface area contributed by atoms with Gasteiger partial charge in [-0.2, -0.15) is 8.78 Å². The lowest BCUT2D eigenvalue weighted by atomic mass is 10.1. The number of nitrogens with zero attached hydrogens (tertiary/aromatic N) is 1. The van der Waals surface area contributed by atoms with Gasteiger partial charge < -0.3 is 10.1 Å². The van der Waals surface area contributed by atoms with Crippen molar-refractivity contribution in [2.24, 2.45) is 0 Å². The van der Waals surface area contributed by atoms with Gasteiger partial charge in [-0.1, -0.05) is 22.0 Å². The van der Waals surface area contributed by atoms with Crippen LogP contribution >= 0.6 is 15.9 Å². The minimum atomic E-state index is -2.83. The molecule has 1 aromatic carbocycles. The third-order valence-electron chi connectivity index (χ3n) is 3.02. The van der Waals surface area contributed by atoms with E-state index in [0.717, 1.165) is 10.0 Å². The van der Waals surface area contributed by atoms with E-state index < -0.39 is 6.61 Å².